The van der Waals surface area contributed by atoms with E-state index in [0.717, 1.165) is 17.7 Å². The molecule has 0 radical (unpaired) electrons. The number of nitrogens with zero attached hydrogens (tertiary/aromatic N) is 3. The summed E-state index contributed by atoms with van der Waals surface area (Å²) in [4.78, 5) is 10.6. The Morgan fingerprint density at radius 2 is 2.25 bits per heavy atom. The third-order valence-electron chi connectivity index (χ3n) is 2.78. The van der Waals surface area contributed by atoms with Crippen LogP contribution < -0.4 is 4.74 Å². The van der Waals surface area contributed by atoms with Crippen LogP contribution in [0.1, 0.15) is 18.1 Å². The van der Waals surface area contributed by atoms with Crippen LogP contribution in [0.5, 0.6) is 5.75 Å². The smallest absolute Gasteiger partial charge is 0.311 e. The standard InChI is InChI=1S/C13H14BrN3O3/c1-2-16-8-11(7-15-16)9-20-13-4-3-10(6-14)5-12(13)17(18)19/h3-5,7-8H,2,6,9H2,1H3. The molecule has 0 saturated heterocycles. The van der Waals surface area contributed by atoms with Crippen LogP contribution in [0.4, 0.5) is 5.69 Å². The Hall–Kier alpha value is -1.89. The van der Waals surface area contributed by atoms with Gasteiger partial charge in [-0.15, -0.1) is 0 Å². The first kappa shape index (κ1) is 14.5. The van der Waals surface area contributed by atoms with E-state index >= 15 is 0 Å². The summed E-state index contributed by atoms with van der Waals surface area (Å²) in [5.41, 5.74) is 1.69. The molecule has 0 saturated carbocycles. The predicted octanol–water partition coefficient (Wildman–Crippen LogP) is 3.29. The molecular formula is C13H14BrN3O3. The molecule has 0 amide bonds. The van der Waals surface area contributed by atoms with Crippen molar-refractivity contribution in [1.82, 2.24) is 9.78 Å². The summed E-state index contributed by atoms with van der Waals surface area (Å²) >= 11 is 3.28. The zero-order valence-corrected chi connectivity index (χ0v) is 12.5. The zero-order chi connectivity index (χ0) is 14.5. The largest absolute Gasteiger partial charge is 0.482 e. The number of hydrogen-bond donors (Lipinski definition) is 0. The van der Waals surface area contributed by atoms with Crippen molar-refractivity contribution in [2.75, 3.05) is 0 Å². The number of ether oxygens (including phenoxy) is 1. The molecule has 1 heterocycles. The fourth-order valence-electron chi connectivity index (χ4n) is 1.73. The van der Waals surface area contributed by atoms with E-state index in [0.29, 0.717) is 5.33 Å². The Morgan fingerprint density at radius 3 is 2.85 bits per heavy atom. The van der Waals surface area contributed by atoms with Gasteiger partial charge in [0.2, 0.25) is 0 Å². The highest BCUT2D eigenvalue weighted by Crippen LogP contribution is 2.29. The van der Waals surface area contributed by atoms with E-state index in [9.17, 15) is 10.1 Å². The van der Waals surface area contributed by atoms with Gasteiger partial charge in [0.05, 0.1) is 11.1 Å². The number of alkyl halides is 1. The lowest BCUT2D eigenvalue weighted by Gasteiger charge is -2.06. The van der Waals surface area contributed by atoms with Crippen molar-refractivity contribution in [2.24, 2.45) is 0 Å². The highest BCUT2D eigenvalue weighted by Gasteiger charge is 2.16. The molecule has 0 aliphatic heterocycles. The maximum atomic E-state index is 11.0. The summed E-state index contributed by atoms with van der Waals surface area (Å²) in [6.07, 6.45) is 3.56. The summed E-state index contributed by atoms with van der Waals surface area (Å²) in [6, 6.07) is 4.94. The Kier molecular flexibility index (Phi) is 4.73. The Balaban J connectivity index is 2.14. The molecule has 6 nitrogen and oxygen atoms in total. The molecule has 7 heteroatoms. The highest BCUT2D eigenvalue weighted by molar-refractivity contribution is 9.08. The second-order valence-electron chi connectivity index (χ2n) is 4.19. The highest BCUT2D eigenvalue weighted by atomic mass is 79.9. The van der Waals surface area contributed by atoms with Crippen LogP contribution in [0, 0.1) is 10.1 Å². The number of halogens is 1. The van der Waals surface area contributed by atoms with E-state index in [1.54, 1.807) is 23.0 Å². The summed E-state index contributed by atoms with van der Waals surface area (Å²) in [7, 11) is 0. The molecule has 1 aromatic heterocycles. The van der Waals surface area contributed by atoms with Crippen molar-refractivity contribution in [2.45, 2.75) is 25.4 Å². The van der Waals surface area contributed by atoms with Crippen molar-refractivity contribution in [3.05, 3.63) is 51.8 Å². The topological polar surface area (TPSA) is 70.2 Å². The Labute approximate surface area is 124 Å². The van der Waals surface area contributed by atoms with Gasteiger partial charge in [-0.05, 0) is 18.6 Å². The van der Waals surface area contributed by atoms with Crippen LogP contribution in [0.15, 0.2) is 30.6 Å². The number of aryl methyl sites for hydroxylation is 1. The quantitative estimate of drug-likeness (QED) is 0.460. The van der Waals surface area contributed by atoms with Gasteiger partial charge in [0.1, 0.15) is 6.61 Å². The van der Waals surface area contributed by atoms with Gasteiger partial charge < -0.3 is 4.74 Å². The second kappa shape index (κ2) is 6.51. The molecule has 0 N–H and O–H groups in total. The number of aromatic nitrogens is 2. The minimum atomic E-state index is -0.434. The van der Waals surface area contributed by atoms with Crippen molar-refractivity contribution < 1.29 is 9.66 Å². The average Bonchev–Trinajstić information content (AvgIpc) is 2.92. The second-order valence-corrected chi connectivity index (χ2v) is 4.75. The Morgan fingerprint density at radius 1 is 1.45 bits per heavy atom. The lowest BCUT2D eigenvalue weighted by molar-refractivity contribution is -0.386. The Bertz CT molecular complexity index is 613. The van der Waals surface area contributed by atoms with Crippen molar-refractivity contribution in [3.63, 3.8) is 0 Å². The molecule has 1 aromatic carbocycles. The van der Waals surface area contributed by atoms with Gasteiger partial charge in [0, 0.05) is 29.7 Å². The van der Waals surface area contributed by atoms with Crippen LogP contribution in [0.2, 0.25) is 0 Å². The molecule has 0 atom stereocenters. The molecule has 20 heavy (non-hydrogen) atoms. The third-order valence-corrected chi connectivity index (χ3v) is 3.43. The molecular weight excluding hydrogens is 326 g/mol. The molecule has 0 unspecified atom stereocenters. The number of rotatable bonds is 6. The van der Waals surface area contributed by atoms with E-state index in [1.165, 1.54) is 6.07 Å². The first-order chi connectivity index (χ1) is 9.63. The van der Waals surface area contributed by atoms with E-state index in [1.807, 2.05) is 13.1 Å². The van der Waals surface area contributed by atoms with Crippen LogP contribution in [0.3, 0.4) is 0 Å². The van der Waals surface area contributed by atoms with Crippen molar-refractivity contribution >= 4 is 21.6 Å². The van der Waals surface area contributed by atoms with Gasteiger partial charge >= 0.3 is 5.69 Å². The van der Waals surface area contributed by atoms with Gasteiger partial charge in [-0.2, -0.15) is 5.10 Å². The van der Waals surface area contributed by atoms with Gasteiger partial charge in [-0.3, -0.25) is 14.8 Å². The van der Waals surface area contributed by atoms with Gasteiger partial charge in [-0.25, -0.2) is 0 Å². The molecule has 106 valence electrons. The lowest BCUT2D eigenvalue weighted by Crippen LogP contribution is -1.99. The minimum absolute atomic E-state index is 0.0233. The van der Waals surface area contributed by atoms with Crippen molar-refractivity contribution in [1.29, 1.82) is 0 Å². The maximum Gasteiger partial charge on any atom is 0.311 e. The number of hydrogen-bond acceptors (Lipinski definition) is 4. The zero-order valence-electron chi connectivity index (χ0n) is 11.0. The number of nitro benzene ring substituents is 1. The molecule has 2 rings (SSSR count). The summed E-state index contributed by atoms with van der Waals surface area (Å²) in [5.74, 6) is 0.268. The van der Waals surface area contributed by atoms with E-state index in [2.05, 4.69) is 21.0 Å². The number of benzene rings is 1. The third kappa shape index (κ3) is 3.36. The van der Waals surface area contributed by atoms with E-state index in [-0.39, 0.29) is 18.0 Å². The van der Waals surface area contributed by atoms with Crippen LogP contribution in [0.25, 0.3) is 0 Å². The molecule has 2 aromatic rings. The normalized spacial score (nSPS) is 10.5. The van der Waals surface area contributed by atoms with Gasteiger partial charge in [0.15, 0.2) is 5.75 Å². The van der Waals surface area contributed by atoms with Crippen LogP contribution in [-0.2, 0) is 18.5 Å². The fourth-order valence-corrected chi connectivity index (χ4v) is 2.07. The average molecular weight is 340 g/mol. The molecule has 0 aliphatic rings. The number of nitro groups is 1. The predicted molar refractivity (Wildman–Crippen MR) is 78.0 cm³/mol. The summed E-state index contributed by atoms with van der Waals surface area (Å²) in [5, 5.41) is 15.7. The monoisotopic (exact) mass is 339 g/mol. The molecule has 0 spiro atoms. The van der Waals surface area contributed by atoms with Crippen LogP contribution >= 0.6 is 15.9 Å². The van der Waals surface area contributed by atoms with E-state index in [4.69, 9.17) is 4.74 Å². The fraction of sp³-hybridized carbons (Fsp3) is 0.308. The van der Waals surface area contributed by atoms with Gasteiger partial charge in [0.25, 0.3) is 0 Å². The first-order valence-corrected chi connectivity index (χ1v) is 7.23. The van der Waals surface area contributed by atoms with Gasteiger partial charge in [-0.1, -0.05) is 22.0 Å². The first-order valence-electron chi connectivity index (χ1n) is 6.11. The molecule has 0 fully saturated rings. The lowest BCUT2D eigenvalue weighted by atomic mass is 10.2. The summed E-state index contributed by atoms with van der Waals surface area (Å²) < 4.78 is 7.31. The van der Waals surface area contributed by atoms with E-state index < -0.39 is 4.92 Å². The SMILES string of the molecule is CCn1cc(COc2ccc(CBr)cc2[N+](=O)[O-])cn1. The molecule has 0 aliphatic carbocycles. The van der Waals surface area contributed by atoms with Crippen molar-refractivity contribution in [3.8, 4) is 5.75 Å². The van der Waals surface area contributed by atoms with Crippen LogP contribution in [-0.4, -0.2) is 14.7 Å². The minimum Gasteiger partial charge on any atom is -0.482 e. The molecule has 0 bridgehead atoms. The summed E-state index contributed by atoms with van der Waals surface area (Å²) in [6.45, 7) is 3.02. The maximum absolute atomic E-state index is 11.0.